The molecule has 0 atom stereocenters. The lowest BCUT2D eigenvalue weighted by atomic mass is 9.88. The van der Waals surface area contributed by atoms with Gasteiger partial charge >= 0.3 is 5.97 Å². The minimum atomic E-state index is -0.629. The number of benzene rings is 2. The number of ether oxygens (including phenoxy) is 1. The summed E-state index contributed by atoms with van der Waals surface area (Å²) in [7, 11) is 1.27. The van der Waals surface area contributed by atoms with Crippen LogP contribution < -0.4 is 0 Å². The lowest BCUT2D eigenvalue weighted by Crippen LogP contribution is -2.12. The molecular weight excluding hydrogens is 412 g/mol. The molecule has 0 bridgehead atoms. The lowest BCUT2D eigenvalue weighted by molar-refractivity contribution is 0.0592. The number of aromatic nitrogens is 1. The molecule has 0 fully saturated rings. The highest BCUT2D eigenvalue weighted by Crippen LogP contribution is 2.42. The van der Waals surface area contributed by atoms with Gasteiger partial charge in [0.15, 0.2) is 5.69 Å². The van der Waals surface area contributed by atoms with Crippen molar-refractivity contribution in [3.8, 4) is 11.1 Å². The van der Waals surface area contributed by atoms with Gasteiger partial charge in [-0.1, -0.05) is 60.8 Å². The first-order valence-corrected chi connectivity index (χ1v) is 9.25. The monoisotopic (exact) mass is 425 g/mol. The van der Waals surface area contributed by atoms with Crippen molar-refractivity contribution in [2.45, 2.75) is 19.8 Å². The number of fused-ring (bicyclic) bond motifs is 1. The SMILES string of the molecule is COC(=O)c1nc2c(Cl)cc(Cl)cc2c(-c2cccc(Cl)c2F)c1C(C)C. The molecule has 0 unspecified atom stereocenters. The topological polar surface area (TPSA) is 39.2 Å². The summed E-state index contributed by atoms with van der Waals surface area (Å²) in [5.74, 6) is -1.39. The molecule has 27 heavy (non-hydrogen) atoms. The first-order valence-electron chi connectivity index (χ1n) is 8.11. The number of carbonyl (C=O) groups excluding carboxylic acids is 1. The molecule has 0 N–H and O–H groups in total. The van der Waals surface area contributed by atoms with Gasteiger partial charge in [-0.3, -0.25) is 0 Å². The van der Waals surface area contributed by atoms with Gasteiger partial charge in [-0.2, -0.15) is 0 Å². The molecule has 1 aromatic heterocycles. The maximum Gasteiger partial charge on any atom is 0.356 e. The molecule has 0 saturated carbocycles. The summed E-state index contributed by atoms with van der Waals surface area (Å²) < 4.78 is 19.8. The number of rotatable bonds is 3. The third-order valence-electron chi connectivity index (χ3n) is 4.22. The van der Waals surface area contributed by atoms with E-state index in [4.69, 9.17) is 39.5 Å². The fraction of sp³-hybridized carbons (Fsp3) is 0.200. The van der Waals surface area contributed by atoms with Gasteiger partial charge in [0.2, 0.25) is 0 Å². The third-order valence-corrected chi connectivity index (χ3v) is 5.02. The Balaban J connectivity index is 2.60. The highest BCUT2D eigenvalue weighted by Gasteiger charge is 2.26. The number of carbonyl (C=O) groups is 1. The number of hydrogen-bond donors (Lipinski definition) is 0. The van der Waals surface area contributed by atoms with Crippen LogP contribution in [-0.2, 0) is 4.74 Å². The van der Waals surface area contributed by atoms with Crippen LogP contribution in [0.2, 0.25) is 15.1 Å². The summed E-state index contributed by atoms with van der Waals surface area (Å²) in [6, 6.07) is 7.86. The average molecular weight is 427 g/mol. The van der Waals surface area contributed by atoms with Gasteiger partial charge in [0.1, 0.15) is 5.82 Å². The standard InChI is InChI=1S/C20H15Cl3FNO2/c1-9(2)15-16(11-5-4-6-13(22)17(11)24)12-7-10(21)8-14(23)18(12)25-19(15)20(26)27-3/h4-9H,1-3H3. The zero-order valence-corrected chi connectivity index (χ0v) is 17.0. The van der Waals surface area contributed by atoms with E-state index in [-0.39, 0.29) is 27.2 Å². The number of esters is 1. The van der Waals surface area contributed by atoms with Crippen LogP contribution in [-0.4, -0.2) is 18.1 Å². The maximum atomic E-state index is 14.9. The van der Waals surface area contributed by atoms with Crippen molar-refractivity contribution < 1.29 is 13.9 Å². The zero-order valence-electron chi connectivity index (χ0n) is 14.7. The van der Waals surface area contributed by atoms with E-state index in [0.717, 1.165) is 0 Å². The lowest BCUT2D eigenvalue weighted by Gasteiger charge is -2.20. The largest absolute Gasteiger partial charge is 0.464 e. The highest BCUT2D eigenvalue weighted by atomic mass is 35.5. The van der Waals surface area contributed by atoms with Crippen molar-refractivity contribution in [3.63, 3.8) is 0 Å². The molecule has 3 aromatic rings. The van der Waals surface area contributed by atoms with E-state index < -0.39 is 11.8 Å². The molecule has 0 saturated heterocycles. The summed E-state index contributed by atoms with van der Waals surface area (Å²) in [4.78, 5) is 16.8. The Kier molecular flexibility index (Phi) is 5.61. The number of methoxy groups -OCH3 is 1. The smallest absolute Gasteiger partial charge is 0.356 e. The van der Waals surface area contributed by atoms with Gasteiger partial charge in [0, 0.05) is 21.5 Å². The van der Waals surface area contributed by atoms with E-state index in [9.17, 15) is 9.18 Å². The van der Waals surface area contributed by atoms with Crippen molar-refractivity contribution in [2.24, 2.45) is 0 Å². The summed E-state index contributed by atoms with van der Waals surface area (Å²) in [6.45, 7) is 3.76. The van der Waals surface area contributed by atoms with E-state index in [1.54, 1.807) is 18.2 Å². The predicted molar refractivity (Wildman–Crippen MR) is 108 cm³/mol. The minimum Gasteiger partial charge on any atom is -0.464 e. The van der Waals surface area contributed by atoms with Crippen molar-refractivity contribution in [2.75, 3.05) is 7.11 Å². The van der Waals surface area contributed by atoms with Crippen LogP contribution in [0.25, 0.3) is 22.0 Å². The van der Waals surface area contributed by atoms with Gasteiger partial charge < -0.3 is 4.74 Å². The minimum absolute atomic E-state index is 0.0279. The molecule has 0 amide bonds. The fourth-order valence-corrected chi connectivity index (χ4v) is 3.82. The molecule has 0 radical (unpaired) electrons. The molecule has 0 aliphatic carbocycles. The van der Waals surface area contributed by atoms with Crippen LogP contribution in [0.15, 0.2) is 30.3 Å². The second-order valence-electron chi connectivity index (χ2n) is 6.28. The van der Waals surface area contributed by atoms with Crippen molar-refractivity contribution in [1.29, 1.82) is 0 Å². The Morgan fingerprint density at radius 2 is 1.85 bits per heavy atom. The molecule has 3 rings (SSSR count). The second kappa shape index (κ2) is 7.63. The first kappa shape index (κ1) is 19.9. The Labute approximate surface area is 171 Å². The fourth-order valence-electron chi connectivity index (χ4n) is 3.11. The summed E-state index contributed by atoms with van der Waals surface area (Å²) in [5, 5.41) is 1.13. The summed E-state index contributed by atoms with van der Waals surface area (Å²) >= 11 is 18.5. The number of pyridine rings is 1. The molecule has 1 heterocycles. The van der Waals surface area contributed by atoms with Crippen LogP contribution in [0.4, 0.5) is 4.39 Å². The summed E-state index contributed by atoms with van der Waals surface area (Å²) in [5.41, 5.74) is 1.66. The van der Waals surface area contributed by atoms with E-state index in [2.05, 4.69) is 4.98 Å². The van der Waals surface area contributed by atoms with Gasteiger partial charge in [-0.15, -0.1) is 0 Å². The Hall–Kier alpha value is -1.88. The molecule has 3 nitrogen and oxygen atoms in total. The third kappa shape index (κ3) is 3.49. The number of nitrogens with zero attached hydrogens (tertiary/aromatic N) is 1. The van der Waals surface area contributed by atoms with Gasteiger partial charge in [0.25, 0.3) is 0 Å². The average Bonchev–Trinajstić information content (AvgIpc) is 2.62. The number of halogens is 4. The van der Waals surface area contributed by atoms with Gasteiger partial charge in [0.05, 0.1) is 22.7 Å². The molecule has 140 valence electrons. The van der Waals surface area contributed by atoms with Crippen molar-refractivity contribution in [1.82, 2.24) is 4.98 Å². The molecule has 0 spiro atoms. The van der Waals surface area contributed by atoms with Crippen LogP contribution in [0.3, 0.4) is 0 Å². The Morgan fingerprint density at radius 3 is 2.48 bits per heavy atom. The van der Waals surface area contributed by atoms with Crippen LogP contribution >= 0.6 is 34.8 Å². The van der Waals surface area contributed by atoms with Crippen LogP contribution in [0.5, 0.6) is 0 Å². The Bertz CT molecular complexity index is 1070. The van der Waals surface area contributed by atoms with E-state index >= 15 is 0 Å². The van der Waals surface area contributed by atoms with Crippen molar-refractivity contribution in [3.05, 3.63) is 62.5 Å². The van der Waals surface area contributed by atoms with Crippen LogP contribution in [0, 0.1) is 5.82 Å². The predicted octanol–water partition coefficient (Wildman–Crippen LogP) is 6.91. The Morgan fingerprint density at radius 1 is 1.15 bits per heavy atom. The molecule has 2 aromatic carbocycles. The normalized spacial score (nSPS) is 11.3. The molecule has 0 aliphatic rings. The van der Waals surface area contributed by atoms with Crippen molar-refractivity contribution >= 4 is 51.7 Å². The molecule has 0 aliphatic heterocycles. The molecule has 7 heteroatoms. The number of hydrogen-bond acceptors (Lipinski definition) is 3. The first-order chi connectivity index (χ1) is 12.8. The quantitative estimate of drug-likeness (QED) is 0.427. The van der Waals surface area contributed by atoms with Gasteiger partial charge in [-0.05, 0) is 29.7 Å². The highest BCUT2D eigenvalue weighted by molar-refractivity contribution is 6.39. The van der Waals surface area contributed by atoms with Gasteiger partial charge in [-0.25, -0.2) is 14.2 Å². The van der Waals surface area contributed by atoms with E-state index in [1.165, 1.54) is 19.2 Å². The zero-order chi connectivity index (χ0) is 19.9. The second-order valence-corrected chi connectivity index (χ2v) is 7.53. The molecular formula is C20H15Cl3FNO2. The maximum absolute atomic E-state index is 14.9. The van der Waals surface area contributed by atoms with Crippen LogP contribution in [0.1, 0.15) is 35.8 Å². The van der Waals surface area contributed by atoms with E-state index in [0.29, 0.717) is 27.1 Å². The van der Waals surface area contributed by atoms with E-state index in [1.807, 2.05) is 13.8 Å². The summed E-state index contributed by atoms with van der Waals surface area (Å²) in [6.07, 6.45) is 0.